The molecule has 1 spiro atoms. The molecule has 4 rings (SSSR count). The Morgan fingerprint density at radius 1 is 1.43 bits per heavy atom. The van der Waals surface area contributed by atoms with Gasteiger partial charge in [0.1, 0.15) is 0 Å². The second kappa shape index (κ2) is 6.14. The van der Waals surface area contributed by atoms with E-state index in [1.807, 2.05) is 0 Å². The number of aromatic nitrogens is 2. The lowest BCUT2D eigenvalue weighted by atomic mass is 9.97. The van der Waals surface area contributed by atoms with Gasteiger partial charge in [0.15, 0.2) is 5.82 Å². The van der Waals surface area contributed by atoms with E-state index in [4.69, 9.17) is 4.74 Å². The van der Waals surface area contributed by atoms with Crippen LogP contribution in [-0.2, 0) is 11.3 Å². The molecule has 2 saturated heterocycles. The summed E-state index contributed by atoms with van der Waals surface area (Å²) in [5, 5.41) is 5.37. The van der Waals surface area contributed by atoms with Gasteiger partial charge < -0.3 is 10.1 Å². The molecule has 0 amide bonds. The molecule has 0 bridgehead atoms. The first kappa shape index (κ1) is 15.0. The molecule has 7 heteroatoms. The highest BCUT2D eigenvalue weighted by Gasteiger charge is 2.45. The Labute approximate surface area is 138 Å². The normalized spacial score (nSPS) is 27.8. The van der Waals surface area contributed by atoms with Crippen molar-refractivity contribution in [3.63, 3.8) is 0 Å². The van der Waals surface area contributed by atoms with Crippen molar-refractivity contribution in [2.24, 2.45) is 0 Å². The first-order valence-electron chi connectivity index (χ1n) is 7.84. The molecule has 2 aliphatic rings. The Morgan fingerprint density at radius 2 is 2.30 bits per heavy atom. The van der Waals surface area contributed by atoms with Crippen LogP contribution in [0.4, 0.5) is 10.3 Å². The molecule has 2 fully saturated rings. The zero-order chi connectivity index (χ0) is 15.7. The summed E-state index contributed by atoms with van der Waals surface area (Å²) in [6, 6.07) is 4.46. The van der Waals surface area contributed by atoms with Gasteiger partial charge in [-0.3, -0.25) is 4.90 Å². The predicted octanol–water partition coefficient (Wildman–Crippen LogP) is 2.52. The SMILES string of the molecule is Fc1cnc(N[C@H]2CO[C@]3(CCN(Cc4cccs4)C3)C2)nc1. The van der Waals surface area contributed by atoms with Crippen molar-refractivity contribution in [3.8, 4) is 0 Å². The number of hydrogen-bond donors (Lipinski definition) is 1. The maximum atomic E-state index is 12.9. The third-order valence-electron chi connectivity index (χ3n) is 4.52. The number of nitrogens with zero attached hydrogens (tertiary/aromatic N) is 3. The van der Waals surface area contributed by atoms with Crippen LogP contribution in [-0.4, -0.2) is 46.2 Å². The number of hydrogen-bond acceptors (Lipinski definition) is 6. The van der Waals surface area contributed by atoms with Crippen LogP contribution in [0.2, 0.25) is 0 Å². The minimum Gasteiger partial charge on any atom is -0.371 e. The standard InChI is InChI=1S/C16H19FN4OS/c17-12-7-18-15(19-8-12)20-13-6-16(22-10-13)3-4-21(11-16)9-14-2-1-5-23-14/h1-2,5,7-8,13H,3-4,6,9-11H2,(H,18,19,20)/t13-,16-/m1/s1. The largest absolute Gasteiger partial charge is 0.371 e. The van der Waals surface area contributed by atoms with Gasteiger partial charge in [0.05, 0.1) is 30.6 Å². The first-order valence-corrected chi connectivity index (χ1v) is 8.72. The molecular weight excluding hydrogens is 315 g/mol. The highest BCUT2D eigenvalue weighted by Crippen LogP contribution is 2.36. The van der Waals surface area contributed by atoms with E-state index in [-0.39, 0.29) is 11.6 Å². The fourth-order valence-electron chi connectivity index (χ4n) is 3.48. The van der Waals surface area contributed by atoms with Gasteiger partial charge in [-0.15, -0.1) is 11.3 Å². The van der Waals surface area contributed by atoms with Gasteiger partial charge in [0.2, 0.25) is 5.95 Å². The second-order valence-corrected chi connectivity index (χ2v) is 7.34. The van der Waals surface area contributed by atoms with Crippen LogP contribution in [0.5, 0.6) is 0 Å². The van der Waals surface area contributed by atoms with Gasteiger partial charge in [-0.25, -0.2) is 14.4 Å². The summed E-state index contributed by atoms with van der Waals surface area (Å²) in [5.74, 6) is 0.0418. The van der Waals surface area contributed by atoms with Gasteiger partial charge in [0.25, 0.3) is 0 Å². The van der Waals surface area contributed by atoms with Crippen LogP contribution < -0.4 is 5.32 Å². The maximum Gasteiger partial charge on any atom is 0.223 e. The van der Waals surface area contributed by atoms with Gasteiger partial charge in [0, 0.05) is 30.9 Å². The fourth-order valence-corrected chi connectivity index (χ4v) is 4.22. The van der Waals surface area contributed by atoms with E-state index in [1.54, 1.807) is 11.3 Å². The average Bonchev–Trinajstić information content (AvgIpc) is 3.26. The molecule has 2 aliphatic heterocycles. The third kappa shape index (κ3) is 3.36. The first-order chi connectivity index (χ1) is 11.2. The van der Waals surface area contributed by atoms with Gasteiger partial charge >= 0.3 is 0 Å². The number of rotatable bonds is 4. The monoisotopic (exact) mass is 334 g/mol. The molecule has 5 nitrogen and oxygen atoms in total. The summed E-state index contributed by atoms with van der Waals surface area (Å²) in [6.45, 7) is 3.68. The zero-order valence-corrected chi connectivity index (χ0v) is 13.6. The van der Waals surface area contributed by atoms with Crippen molar-refractivity contribution < 1.29 is 9.13 Å². The third-order valence-corrected chi connectivity index (χ3v) is 5.38. The van der Waals surface area contributed by atoms with Crippen LogP contribution >= 0.6 is 11.3 Å². The Bertz CT molecular complexity index is 651. The number of nitrogens with one attached hydrogen (secondary N) is 1. The lowest BCUT2D eigenvalue weighted by molar-refractivity contribution is 0.0120. The zero-order valence-electron chi connectivity index (χ0n) is 12.7. The smallest absolute Gasteiger partial charge is 0.223 e. The molecule has 122 valence electrons. The predicted molar refractivity (Wildman–Crippen MR) is 86.9 cm³/mol. The van der Waals surface area contributed by atoms with Gasteiger partial charge in [-0.2, -0.15) is 0 Å². The number of ether oxygens (including phenoxy) is 1. The Balaban J connectivity index is 1.33. The summed E-state index contributed by atoms with van der Waals surface area (Å²) in [7, 11) is 0. The van der Waals surface area contributed by atoms with Crippen molar-refractivity contribution in [2.75, 3.05) is 25.0 Å². The van der Waals surface area contributed by atoms with E-state index in [1.165, 1.54) is 17.3 Å². The molecule has 1 N–H and O–H groups in total. The Kier molecular flexibility index (Phi) is 4.00. The Hall–Kier alpha value is -1.57. The van der Waals surface area contributed by atoms with Crippen LogP contribution in [0.15, 0.2) is 29.9 Å². The van der Waals surface area contributed by atoms with Crippen LogP contribution in [0.1, 0.15) is 17.7 Å². The van der Waals surface area contributed by atoms with Crippen molar-refractivity contribution in [1.82, 2.24) is 14.9 Å². The van der Waals surface area contributed by atoms with Crippen LogP contribution in [0.25, 0.3) is 0 Å². The van der Waals surface area contributed by atoms with Crippen molar-refractivity contribution >= 4 is 17.3 Å². The summed E-state index contributed by atoms with van der Waals surface area (Å²) >= 11 is 1.80. The van der Waals surface area contributed by atoms with E-state index < -0.39 is 5.82 Å². The van der Waals surface area contributed by atoms with Crippen LogP contribution in [0.3, 0.4) is 0 Å². The highest BCUT2D eigenvalue weighted by molar-refractivity contribution is 7.09. The highest BCUT2D eigenvalue weighted by atomic mass is 32.1. The molecule has 0 aromatic carbocycles. The summed E-state index contributed by atoms with van der Waals surface area (Å²) < 4.78 is 19.0. The van der Waals surface area contributed by atoms with Gasteiger partial charge in [-0.1, -0.05) is 6.07 Å². The van der Waals surface area contributed by atoms with E-state index in [9.17, 15) is 4.39 Å². The number of thiophene rings is 1. The van der Waals surface area contributed by atoms with E-state index in [0.29, 0.717) is 12.6 Å². The second-order valence-electron chi connectivity index (χ2n) is 6.30. The van der Waals surface area contributed by atoms with Crippen molar-refractivity contribution in [2.45, 2.75) is 31.0 Å². The molecular formula is C16H19FN4OS. The summed E-state index contributed by atoms with van der Waals surface area (Å²) in [6.07, 6.45) is 4.36. The number of likely N-dealkylation sites (tertiary alicyclic amines) is 1. The molecule has 0 saturated carbocycles. The number of anilines is 1. The van der Waals surface area contributed by atoms with Crippen molar-refractivity contribution in [1.29, 1.82) is 0 Å². The molecule has 2 aromatic rings. The molecule has 0 aliphatic carbocycles. The molecule has 2 aromatic heterocycles. The molecule has 0 unspecified atom stereocenters. The lowest BCUT2D eigenvalue weighted by Crippen LogP contribution is -2.33. The number of halogens is 1. The Morgan fingerprint density at radius 3 is 3.09 bits per heavy atom. The minimum atomic E-state index is -0.422. The quantitative estimate of drug-likeness (QED) is 0.931. The summed E-state index contributed by atoms with van der Waals surface area (Å²) in [4.78, 5) is 11.8. The molecule has 4 heterocycles. The fraction of sp³-hybridized carbons (Fsp3) is 0.500. The minimum absolute atomic E-state index is 0.0606. The average molecular weight is 334 g/mol. The van der Waals surface area contributed by atoms with E-state index >= 15 is 0 Å². The van der Waals surface area contributed by atoms with Gasteiger partial charge in [-0.05, 0) is 17.9 Å². The van der Waals surface area contributed by atoms with E-state index in [2.05, 4.69) is 37.7 Å². The molecule has 2 atom stereocenters. The molecule has 23 heavy (non-hydrogen) atoms. The lowest BCUT2D eigenvalue weighted by Gasteiger charge is -2.23. The molecule has 0 radical (unpaired) electrons. The summed E-state index contributed by atoms with van der Waals surface area (Å²) in [5.41, 5.74) is -0.0606. The van der Waals surface area contributed by atoms with Crippen molar-refractivity contribution in [3.05, 3.63) is 40.6 Å². The van der Waals surface area contributed by atoms with E-state index in [0.717, 1.165) is 32.5 Å². The topological polar surface area (TPSA) is 50.3 Å². The van der Waals surface area contributed by atoms with Crippen LogP contribution in [0, 0.1) is 5.82 Å². The maximum absolute atomic E-state index is 12.9.